The van der Waals surface area contributed by atoms with E-state index in [0.717, 1.165) is 57.9 Å². The summed E-state index contributed by atoms with van der Waals surface area (Å²) in [4.78, 5) is 21.1. The van der Waals surface area contributed by atoms with Gasteiger partial charge in [-0.1, -0.05) is 37.3 Å². The highest BCUT2D eigenvalue weighted by Gasteiger charge is 2.30. The summed E-state index contributed by atoms with van der Waals surface area (Å²) in [6, 6.07) is 10.6. The van der Waals surface area contributed by atoms with Crippen LogP contribution < -0.4 is 10.6 Å². The van der Waals surface area contributed by atoms with Gasteiger partial charge in [0.25, 0.3) is 0 Å². The van der Waals surface area contributed by atoms with E-state index in [2.05, 4.69) is 53.6 Å². The van der Waals surface area contributed by atoms with E-state index in [1.807, 2.05) is 20.2 Å². The van der Waals surface area contributed by atoms with Gasteiger partial charge >= 0.3 is 0 Å². The van der Waals surface area contributed by atoms with Gasteiger partial charge in [-0.25, -0.2) is 0 Å². The van der Waals surface area contributed by atoms with Crippen LogP contribution in [0.15, 0.2) is 35.3 Å². The molecule has 0 spiro atoms. The molecule has 1 aliphatic rings. The number of carbonyl (C=O) groups excluding carboxylic acids is 1. The molecule has 2 rings (SSSR count). The smallest absolute Gasteiger partial charge is 0.239 e. The highest BCUT2D eigenvalue weighted by Crippen LogP contribution is 2.18. The fourth-order valence-corrected chi connectivity index (χ4v) is 3.62. The van der Waals surface area contributed by atoms with E-state index < -0.39 is 0 Å². The number of benzene rings is 1. The molecule has 6 nitrogen and oxygen atoms in total. The van der Waals surface area contributed by atoms with Crippen LogP contribution in [0.25, 0.3) is 0 Å². The Morgan fingerprint density at radius 3 is 2.66 bits per heavy atom. The van der Waals surface area contributed by atoms with Gasteiger partial charge in [0.15, 0.2) is 5.96 Å². The lowest BCUT2D eigenvalue weighted by molar-refractivity contribution is -0.133. The molecule has 1 heterocycles. The van der Waals surface area contributed by atoms with Crippen LogP contribution >= 0.6 is 24.0 Å². The van der Waals surface area contributed by atoms with Gasteiger partial charge in [-0.15, -0.1) is 24.0 Å². The first-order valence-corrected chi connectivity index (χ1v) is 10.5. The van der Waals surface area contributed by atoms with Gasteiger partial charge in [0.1, 0.15) is 0 Å². The fourth-order valence-electron chi connectivity index (χ4n) is 3.62. The second kappa shape index (κ2) is 13.8. The van der Waals surface area contributed by atoms with Crippen molar-refractivity contribution in [1.29, 1.82) is 0 Å². The maximum atomic E-state index is 12.3. The summed E-state index contributed by atoms with van der Waals surface area (Å²) in [5, 5.41) is 6.76. The van der Waals surface area contributed by atoms with Crippen molar-refractivity contribution in [3.8, 4) is 0 Å². The van der Waals surface area contributed by atoms with Crippen molar-refractivity contribution in [2.24, 2.45) is 4.99 Å². The molecule has 2 N–H and O–H groups in total. The number of amides is 1. The number of likely N-dealkylation sites (N-methyl/N-ethyl adjacent to an activating group) is 1. The number of nitrogens with one attached hydrogen (secondary N) is 2. The van der Waals surface area contributed by atoms with E-state index in [4.69, 9.17) is 4.99 Å². The van der Waals surface area contributed by atoms with Gasteiger partial charge in [0.2, 0.25) is 5.91 Å². The predicted molar refractivity (Wildman–Crippen MR) is 132 cm³/mol. The van der Waals surface area contributed by atoms with Gasteiger partial charge in [-0.05, 0) is 38.3 Å². The molecular formula is C22H38IN5O. The van der Waals surface area contributed by atoms with E-state index >= 15 is 0 Å². The molecular weight excluding hydrogens is 477 g/mol. The summed E-state index contributed by atoms with van der Waals surface area (Å²) < 4.78 is 0. The van der Waals surface area contributed by atoms with Crippen molar-refractivity contribution in [1.82, 2.24) is 20.4 Å². The zero-order chi connectivity index (χ0) is 20.4. The average Bonchev–Trinajstić information content (AvgIpc) is 3.17. The average molecular weight is 515 g/mol. The number of hydrogen-bond donors (Lipinski definition) is 2. The third-order valence-electron chi connectivity index (χ3n) is 5.24. The highest BCUT2D eigenvalue weighted by molar-refractivity contribution is 14.0. The minimum absolute atomic E-state index is 0. The van der Waals surface area contributed by atoms with Crippen LogP contribution in [0.4, 0.5) is 0 Å². The molecule has 0 aliphatic carbocycles. The first kappa shape index (κ1) is 25.7. The summed E-state index contributed by atoms with van der Waals surface area (Å²) in [5.74, 6) is 1.49. The summed E-state index contributed by atoms with van der Waals surface area (Å²) in [6.07, 6.45) is 3.08. The Morgan fingerprint density at radius 1 is 1.28 bits per heavy atom. The van der Waals surface area contributed by atoms with Crippen LogP contribution in [0, 0.1) is 0 Å². The Balaban J connectivity index is 0.00000420. The van der Waals surface area contributed by atoms with Crippen LogP contribution in [0.1, 0.15) is 44.6 Å². The molecule has 0 saturated carbocycles. The van der Waals surface area contributed by atoms with Crippen LogP contribution in [0.3, 0.4) is 0 Å². The molecule has 0 bridgehead atoms. The maximum Gasteiger partial charge on any atom is 0.239 e. The number of guanidine groups is 1. The van der Waals surface area contributed by atoms with Crippen LogP contribution in [0.2, 0.25) is 0 Å². The van der Waals surface area contributed by atoms with Gasteiger partial charge in [0, 0.05) is 46.2 Å². The van der Waals surface area contributed by atoms with Crippen molar-refractivity contribution in [2.75, 3.05) is 46.8 Å². The van der Waals surface area contributed by atoms with Gasteiger partial charge in [0.05, 0.1) is 6.04 Å². The molecule has 1 aromatic rings. The predicted octanol–water partition coefficient (Wildman–Crippen LogP) is 2.91. The maximum absolute atomic E-state index is 12.3. The first-order valence-electron chi connectivity index (χ1n) is 10.5. The van der Waals surface area contributed by atoms with Crippen molar-refractivity contribution in [3.05, 3.63) is 35.9 Å². The molecule has 164 valence electrons. The molecule has 7 heteroatoms. The number of aliphatic imine (C=N–C) groups is 1. The number of rotatable bonds is 9. The Labute approximate surface area is 193 Å². The molecule has 1 fully saturated rings. The topological polar surface area (TPSA) is 60.0 Å². The SMILES string of the molecule is CCNC(=NCC(C)c1ccccc1)NCCCN1CCCC1C(=O)N(C)C.I. The lowest BCUT2D eigenvalue weighted by Gasteiger charge is -2.26. The Kier molecular flexibility index (Phi) is 12.2. The highest BCUT2D eigenvalue weighted by atomic mass is 127. The number of nitrogens with zero attached hydrogens (tertiary/aromatic N) is 3. The number of halogens is 1. The third kappa shape index (κ3) is 8.50. The number of likely N-dealkylation sites (tertiary alicyclic amines) is 1. The van der Waals surface area contributed by atoms with Crippen molar-refractivity contribution in [3.63, 3.8) is 0 Å². The van der Waals surface area contributed by atoms with E-state index in [0.29, 0.717) is 5.92 Å². The molecule has 2 atom stereocenters. The molecule has 1 saturated heterocycles. The van der Waals surface area contributed by atoms with Crippen LogP contribution in [-0.4, -0.2) is 74.5 Å². The Hall–Kier alpha value is -1.35. The number of hydrogen-bond acceptors (Lipinski definition) is 3. The molecule has 0 aromatic heterocycles. The normalized spacial score (nSPS) is 18.1. The second-order valence-corrected chi connectivity index (χ2v) is 7.74. The zero-order valence-corrected chi connectivity index (χ0v) is 20.7. The molecule has 2 unspecified atom stereocenters. The fraction of sp³-hybridized carbons (Fsp3) is 0.636. The summed E-state index contributed by atoms with van der Waals surface area (Å²) in [6.45, 7) is 8.70. The summed E-state index contributed by atoms with van der Waals surface area (Å²) in [5.41, 5.74) is 1.31. The molecule has 1 amide bonds. The molecule has 29 heavy (non-hydrogen) atoms. The second-order valence-electron chi connectivity index (χ2n) is 7.74. The van der Waals surface area contributed by atoms with Crippen LogP contribution in [0.5, 0.6) is 0 Å². The quantitative estimate of drug-likeness (QED) is 0.230. The third-order valence-corrected chi connectivity index (χ3v) is 5.24. The standard InChI is InChI=1S/C22H37N5O.HI/c1-5-23-22(25-17-18(2)19-11-7-6-8-12-19)24-14-10-16-27-15-9-13-20(27)21(28)26(3)4;/h6-8,11-12,18,20H,5,9-10,13-17H2,1-4H3,(H2,23,24,25);1H. The Morgan fingerprint density at radius 2 is 2.00 bits per heavy atom. The molecule has 1 aliphatic heterocycles. The minimum atomic E-state index is 0. The van der Waals surface area contributed by atoms with Crippen molar-refractivity contribution >= 4 is 35.8 Å². The number of carbonyl (C=O) groups is 1. The molecule has 1 aromatic carbocycles. The van der Waals surface area contributed by atoms with Crippen LogP contribution in [-0.2, 0) is 4.79 Å². The van der Waals surface area contributed by atoms with Gasteiger partial charge in [-0.3, -0.25) is 14.7 Å². The van der Waals surface area contributed by atoms with Crippen molar-refractivity contribution in [2.45, 2.75) is 45.1 Å². The lowest BCUT2D eigenvalue weighted by Crippen LogP contribution is -2.44. The van der Waals surface area contributed by atoms with Gasteiger partial charge in [-0.2, -0.15) is 0 Å². The Bertz CT molecular complexity index is 623. The van der Waals surface area contributed by atoms with Gasteiger partial charge < -0.3 is 15.5 Å². The monoisotopic (exact) mass is 515 g/mol. The summed E-state index contributed by atoms with van der Waals surface area (Å²) >= 11 is 0. The minimum Gasteiger partial charge on any atom is -0.357 e. The molecule has 0 radical (unpaired) electrons. The van der Waals surface area contributed by atoms with Crippen molar-refractivity contribution < 1.29 is 4.79 Å². The zero-order valence-electron chi connectivity index (χ0n) is 18.4. The van der Waals surface area contributed by atoms with E-state index in [9.17, 15) is 4.79 Å². The van der Waals surface area contributed by atoms with E-state index in [1.54, 1.807) is 4.90 Å². The van der Waals surface area contributed by atoms with E-state index in [1.165, 1.54) is 5.56 Å². The largest absolute Gasteiger partial charge is 0.357 e. The lowest BCUT2D eigenvalue weighted by atomic mass is 10.0. The summed E-state index contributed by atoms with van der Waals surface area (Å²) in [7, 11) is 3.69. The first-order chi connectivity index (χ1) is 13.5. The van der Waals surface area contributed by atoms with E-state index in [-0.39, 0.29) is 35.9 Å².